The SMILES string of the molecule is CC(C)CC(N)C(=O)O.CC(C)CC(N)C(=O)O.CCC(C)C(N)C(=O)O.NC(CS)C(=O)O.NC(N)=NCCCC(N)C(=O)O.NCCCCC(N)C(=O)O. The molecule has 0 aliphatic rings. The average molecular weight is 835 g/mol. The smallest absolute Gasteiger partial charge is 0.321 e. The molecule has 23 heteroatoms. The molecule has 0 aromatic heterocycles. The van der Waals surface area contributed by atoms with Gasteiger partial charge in [-0.25, -0.2) is 0 Å². The van der Waals surface area contributed by atoms with Crippen LogP contribution in [0.25, 0.3) is 0 Å². The van der Waals surface area contributed by atoms with Crippen molar-refractivity contribution < 1.29 is 59.4 Å². The molecule has 0 spiro atoms. The van der Waals surface area contributed by atoms with Crippen LogP contribution in [0.1, 0.15) is 92.9 Å². The number of hydrogen-bond acceptors (Lipinski definition) is 15. The molecule has 0 saturated heterocycles. The number of thiol groups is 1. The van der Waals surface area contributed by atoms with Crippen LogP contribution in [0, 0.1) is 17.8 Å². The average Bonchev–Trinajstić information content (AvgIpc) is 3.09. The highest BCUT2D eigenvalue weighted by atomic mass is 32.1. The van der Waals surface area contributed by atoms with Crippen LogP contribution in [0.4, 0.5) is 0 Å². The number of unbranched alkanes of at least 4 members (excludes halogenated alkanes) is 1. The van der Waals surface area contributed by atoms with Crippen molar-refractivity contribution in [3.8, 4) is 0 Å². The monoisotopic (exact) mass is 835 g/mol. The molecule has 0 saturated carbocycles. The van der Waals surface area contributed by atoms with Crippen molar-refractivity contribution in [3.05, 3.63) is 0 Å². The number of aliphatic imine (C=N–C) groups is 1. The van der Waals surface area contributed by atoms with E-state index in [1.165, 1.54) is 0 Å². The predicted molar refractivity (Wildman–Crippen MR) is 219 cm³/mol. The summed E-state index contributed by atoms with van der Waals surface area (Å²) in [5, 5.41) is 49.7. The third-order valence-electron chi connectivity index (χ3n) is 6.71. The summed E-state index contributed by atoms with van der Waals surface area (Å²) in [4.78, 5) is 64.2. The van der Waals surface area contributed by atoms with Gasteiger partial charge in [0.05, 0.1) is 0 Å². The minimum absolute atomic E-state index is 0.0129. The van der Waals surface area contributed by atoms with Gasteiger partial charge in [-0.3, -0.25) is 33.8 Å². The maximum Gasteiger partial charge on any atom is 0.321 e. The fourth-order valence-corrected chi connectivity index (χ4v) is 3.22. The number of carboxylic acid groups (broad SMARTS) is 6. The minimum atomic E-state index is -1.00. The number of nitrogens with zero attached hydrogens (tertiary/aromatic N) is 1. The highest BCUT2D eigenvalue weighted by molar-refractivity contribution is 7.80. The van der Waals surface area contributed by atoms with E-state index in [0.29, 0.717) is 57.0 Å². The molecule has 0 amide bonds. The molecule has 0 aromatic carbocycles. The lowest BCUT2D eigenvalue weighted by Crippen LogP contribution is -2.36. The number of hydrogen-bond donors (Lipinski definition) is 16. The number of guanidine groups is 1. The summed E-state index contributed by atoms with van der Waals surface area (Å²) < 4.78 is 0. The molecule has 7 unspecified atom stereocenters. The summed E-state index contributed by atoms with van der Waals surface area (Å²) in [6, 6.07) is -4.43. The molecule has 7 atom stereocenters. The van der Waals surface area contributed by atoms with Gasteiger partial charge in [0.2, 0.25) is 0 Å². The Bertz CT molecular complexity index is 1060. The van der Waals surface area contributed by atoms with Crippen LogP contribution in [0.3, 0.4) is 0 Å². The maximum absolute atomic E-state index is 10.2. The van der Waals surface area contributed by atoms with Crippen LogP contribution in [0.2, 0.25) is 0 Å². The standard InChI is InChI=1S/C6H14N4O2.C6H14N2O2.3C6H13NO2.C3H7NO2S/c7-4(5(11)12)2-1-3-10-6(8)9;7-4-2-1-3-5(8)6(9)10;2*1-4(2)3-5(7)6(8)9;1-3-4(2)5(7)6(8)9;4-2(1-7)3(5)6/h4H,1-3,7H2,(H,11,12)(H4,8,9,10);5H,1-4,7-8H2,(H,9,10);3*4-5H,3,7H2,1-2H3,(H,8,9);2,7H,1,4H2,(H,5,6). The fourth-order valence-electron chi connectivity index (χ4n) is 3.07. The molecule has 0 aliphatic heterocycles. The Morgan fingerprint density at radius 2 is 0.893 bits per heavy atom. The van der Waals surface area contributed by atoms with Gasteiger partial charge in [0.15, 0.2) is 5.96 Å². The van der Waals surface area contributed by atoms with Gasteiger partial charge in [-0.05, 0) is 62.8 Å². The van der Waals surface area contributed by atoms with E-state index in [-0.39, 0.29) is 17.6 Å². The summed E-state index contributed by atoms with van der Waals surface area (Å²) in [6.07, 6.45) is 5.03. The zero-order valence-corrected chi connectivity index (χ0v) is 34.6. The van der Waals surface area contributed by atoms with Crippen LogP contribution < -0.4 is 51.6 Å². The molecule has 0 bridgehead atoms. The first-order valence-electron chi connectivity index (χ1n) is 17.8. The minimum Gasteiger partial charge on any atom is -0.480 e. The summed E-state index contributed by atoms with van der Waals surface area (Å²) >= 11 is 3.65. The first-order valence-corrected chi connectivity index (χ1v) is 18.5. The van der Waals surface area contributed by atoms with E-state index in [2.05, 4.69) is 17.6 Å². The zero-order chi connectivity index (χ0) is 45.7. The van der Waals surface area contributed by atoms with Gasteiger partial charge in [-0.2, -0.15) is 12.6 Å². The zero-order valence-electron chi connectivity index (χ0n) is 33.7. The first-order chi connectivity index (χ1) is 25.6. The number of rotatable bonds is 21. The predicted octanol–water partition coefficient (Wildman–Crippen LogP) is -1.36. The van der Waals surface area contributed by atoms with E-state index in [1.807, 2.05) is 41.5 Å². The summed E-state index contributed by atoms with van der Waals surface area (Å²) in [5.74, 6) is -4.69. The Morgan fingerprint density at radius 1 is 0.554 bits per heavy atom. The highest BCUT2D eigenvalue weighted by Gasteiger charge is 2.17. The van der Waals surface area contributed by atoms with Crippen molar-refractivity contribution in [2.24, 2.45) is 74.3 Å². The summed E-state index contributed by atoms with van der Waals surface area (Å²) in [5.41, 5.74) is 46.4. The maximum atomic E-state index is 10.2. The van der Waals surface area contributed by atoms with Crippen molar-refractivity contribution in [1.29, 1.82) is 0 Å². The summed E-state index contributed by atoms with van der Waals surface area (Å²) in [6.45, 7) is 12.6. The lowest BCUT2D eigenvalue weighted by Gasteiger charge is -2.11. The first kappa shape index (κ1) is 64.1. The molecule has 0 aliphatic carbocycles. The second-order valence-electron chi connectivity index (χ2n) is 13.1. The van der Waals surface area contributed by atoms with Gasteiger partial charge in [0, 0.05) is 12.3 Å². The number of nitrogens with two attached hydrogens (primary N) is 9. The molecule has 0 radical (unpaired) electrons. The Hall–Kier alpha value is -3.84. The van der Waals surface area contributed by atoms with Crippen LogP contribution in [0.5, 0.6) is 0 Å². The van der Waals surface area contributed by atoms with Gasteiger partial charge < -0.3 is 82.2 Å². The van der Waals surface area contributed by atoms with Crippen molar-refractivity contribution in [2.75, 3.05) is 18.8 Å². The van der Waals surface area contributed by atoms with Gasteiger partial charge in [-0.15, -0.1) is 0 Å². The van der Waals surface area contributed by atoms with Gasteiger partial charge in [0.1, 0.15) is 36.3 Å². The van der Waals surface area contributed by atoms with E-state index < -0.39 is 72.1 Å². The van der Waals surface area contributed by atoms with Crippen LogP contribution >= 0.6 is 12.6 Å². The van der Waals surface area contributed by atoms with Crippen molar-refractivity contribution >= 4 is 54.4 Å². The molecule has 24 N–H and O–H groups in total. The van der Waals surface area contributed by atoms with Crippen LogP contribution in [0.15, 0.2) is 4.99 Å². The van der Waals surface area contributed by atoms with E-state index in [0.717, 1.165) is 19.3 Å². The lowest BCUT2D eigenvalue weighted by molar-refractivity contribution is -0.140. The van der Waals surface area contributed by atoms with Crippen molar-refractivity contribution in [2.45, 2.75) is 129 Å². The normalized spacial score (nSPS) is 13.7. The molecule has 0 rings (SSSR count). The molecule has 0 heterocycles. The second-order valence-corrected chi connectivity index (χ2v) is 13.5. The highest BCUT2D eigenvalue weighted by Crippen LogP contribution is 2.04. The van der Waals surface area contributed by atoms with Gasteiger partial charge in [0.25, 0.3) is 0 Å². The molecular weight excluding hydrogens is 760 g/mol. The van der Waals surface area contributed by atoms with Crippen LogP contribution in [-0.2, 0) is 28.8 Å². The Kier molecular flexibility index (Phi) is 46.7. The van der Waals surface area contributed by atoms with E-state index in [4.69, 9.17) is 82.2 Å². The molecule has 56 heavy (non-hydrogen) atoms. The second kappa shape index (κ2) is 40.8. The lowest BCUT2D eigenvalue weighted by atomic mass is 10.0. The number of aliphatic carboxylic acids is 6. The topological polar surface area (TPSA) is 470 Å². The Labute approximate surface area is 335 Å². The fraction of sp³-hybridized carbons (Fsp3) is 0.788. The third kappa shape index (κ3) is 52.3. The molecule has 0 aromatic rings. The van der Waals surface area contributed by atoms with E-state index in [1.54, 1.807) is 0 Å². The molecule has 0 fully saturated rings. The van der Waals surface area contributed by atoms with Crippen molar-refractivity contribution in [1.82, 2.24) is 0 Å². The van der Waals surface area contributed by atoms with E-state index >= 15 is 0 Å². The Morgan fingerprint density at radius 3 is 1.07 bits per heavy atom. The van der Waals surface area contributed by atoms with Crippen LogP contribution in [-0.4, -0.2) is 128 Å². The molecular formula is C33H74N10O12S. The summed E-state index contributed by atoms with van der Waals surface area (Å²) in [7, 11) is 0. The van der Waals surface area contributed by atoms with E-state index in [9.17, 15) is 28.8 Å². The number of carbonyl (C=O) groups is 6. The largest absolute Gasteiger partial charge is 0.480 e. The number of carboxylic acids is 6. The van der Waals surface area contributed by atoms with Gasteiger partial charge >= 0.3 is 35.8 Å². The quantitative estimate of drug-likeness (QED) is 0.0275. The molecule has 22 nitrogen and oxygen atoms in total. The molecule has 334 valence electrons. The van der Waals surface area contributed by atoms with Crippen molar-refractivity contribution in [3.63, 3.8) is 0 Å². The van der Waals surface area contributed by atoms with Gasteiger partial charge in [-0.1, -0.05) is 54.4 Å². The Balaban J connectivity index is -0.000000135. The third-order valence-corrected chi connectivity index (χ3v) is 7.11.